The van der Waals surface area contributed by atoms with Crippen LogP contribution in [0.3, 0.4) is 0 Å². The van der Waals surface area contributed by atoms with E-state index in [0.29, 0.717) is 12.1 Å². The Hall–Kier alpha value is -2.94. The number of aliphatic hydroxyl groups is 2. The summed E-state index contributed by atoms with van der Waals surface area (Å²) in [6, 6.07) is 16.7. The van der Waals surface area contributed by atoms with Gasteiger partial charge in [-0.05, 0) is 29.8 Å². The summed E-state index contributed by atoms with van der Waals surface area (Å²) in [6.45, 7) is 0.466. The van der Waals surface area contributed by atoms with E-state index in [1.54, 1.807) is 24.1 Å². The normalized spacial score (nSPS) is 22.4. The van der Waals surface area contributed by atoms with E-state index in [9.17, 15) is 19.8 Å². The average molecular weight is 442 g/mol. The van der Waals surface area contributed by atoms with Gasteiger partial charge in [0.2, 0.25) is 5.91 Å². The van der Waals surface area contributed by atoms with Gasteiger partial charge in [0.25, 0.3) is 5.91 Å². The lowest BCUT2D eigenvalue weighted by molar-refractivity contribution is -0.134. The van der Waals surface area contributed by atoms with Gasteiger partial charge in [-0.25, -0.2) is 0 Å². The van der Waals surface area contributed by atoms with Crippen LogP contribution in [0.15, 0.2) is 54.6 Å². The van der Waals surface area contributed by atoms with Crippen molar-refractivity contribution in [2.45, 2.75) is 37.4 Å². The van der Waals surface area contributed by atoms with Crippen molar-refractivity contribution in [1.82, 2.24) is 10.2 Å². The summed E-state index contributed by atoms with van der Waals surface area (Å²) in [5, 5.41) is 23.4. The van der Waals surface area contributed by atoms with Gasteiger partial charge >= 0.3 is 0 Å². The molecule has 1 aliphatic heterocycles. The maximum absolute atomic E-state index is 12.6. The summed E-state index contributed by atoms with van der Waals surface area (Å²) in [5.74, 6) is -0.501. The van der Waals surface area contributed by atoms with Crippen molar-refractivity contribution in [1.29, 1.82) is 0 Å². The maximum atomic E-state index is 12.6. The molecule has 0 spiro atoms. The van der Waals surface area contributed by atoms with Crippen LogP contribution >= 0.6 is 0 Å². The van der Waals surface area contributed by atoms with Crippen LogP contribution in [0.5, 0.6) is 0 Å². The number of anilines is 1. The van der Waals surface area contributed by atoms with E-state index < -0.39 is 24.4 Å². The van der Waals surface area contributed by atoms with Crippen LogP contribution in [0.4, 0.5) is 5.69 Å². The second-order valence-corrected chi connectivity index (χ2v) is 8.29. The van der Waals surface area contributed by atoms with Crippen LogP contribution in [0.25, 0.3) is 0 Å². The van der Waals surface area contributed by atoms with Gasteiger partial charge in [-0.1, -0.05) is 30.3 Å². The summed E-state index contributed by atoms with van der Waals surface area (Å²) in [6.07, 6.45) is -4.09. The minimum atomic E-state index is -1.20. The fraction of sp³-hybridized carbons (Fsp3) is 0.417. The number of aliphatic hydroxyl groups excluding tert-OH is 2. The molecule has 8 heteroatoms. The maximum Gasteiger partial charge on any atom is 0.251 e. The highest BCUT2D eigenvalue weighted by Crippen LogP contribution is 2.24. The number of nitrogens with one attached hydrogen (secondary N) is 1. The zero-order valence-corrected chi connectivity index (χ0v) is 18.6. The third kappa shape index (κ3) is 5.85. The fourth-order valence-electron chi connectivity index (χ4n) is 3.64. The van der Waals surface area contributed by atoms with Gasteiger partial charge in [-0.2, -0.15) is 0 Å². The molecule has 2 aromatic carbocycles. The van der Waals surface area contributed by atoms with Crippen molar-refractivity contribution in [3.05, 3.63) is 65.7 Å². The molecule has 0 radical (unpaired) electrons. The topological polar surface area (TPSA) is 102 Å². The summed E-state index contributed by atoms with van der Waals surface area (Å²) in [4.78, 5) is 28.5. The zero-order chi connectivity index (χ0) is 23.3. The van der Waals surface area contributed by atoms with Crippen LogP contribution in [-0.4, -0.2) is 79.0 Å². The molecule has 32 heavy (non-hydrogen) atoms. The summed E-state index contributed by atoms with van der Waals surface area (Å²) in [5.41, 5.74) is 2.46. The molecule has 3 N–H and O–H groups in total. The SMILES string of the molecule is CN(Cc1ccccc1)C(=O)C[C@@H]1O[C@@H](CNC(=O)c2ccc(N(C)C)cc2)[C@@H](O)[C@H]1O. The standard InChI is InChI=1S/C24H31N3O5/c1-26(2)18-11-9-17(10-12-18)24(31)25-14-20-23(30)22(29)19(32-20)13-21(28)27(3)15-16-7-5-4-6-8-16/h4-12,19-20,22-23,29-30H,13-15H2,1-3H3,(H,25,31)/t19-,20-,22-,23+/m0/s1. The first kappa shape index (κ1) is 23.7. The Labute approximate surface area is 188 Å². The number of carbonyl (C=O) groups is 2. The third-order valence-corrected chi connectivity index (χ3v) is 5.64. The van der Waals surface area contributed by atoms with E-state index in [4.69, 9.17) is 4.74 Å². The van der Waals surface area contributed by atoms with Crippen molar-refractivity contribution >= 4 is 17.5 Å². The highest BCUT2D eigenvalue weighted by Gasteiger charge is 2.43. The Kier molecular flexibility index (Phi) is 7.84. The van der Waals surface area contributed by atoms with E-state index in [2.05, 4.69) is 5.32 Å². The molecular weight excluding hydrogens is 410 g/mol. The Morgan fingerprint density at radius 2 is 1.56 bits per heavy atom. The van der Waals surface area contributed by atoms with Gasteiger partial charge in [0.15, 0.2) is 0 Å². The Bertz CT molecular complexity index is 904. The second-order valence-electron chi connectivity index (χ2n) is 8.29. The predicted molar refractivity (Wildman–Crippen MR) is 121 cm³/mol. The quantitative estimate of drug-likeness (QED) is 0.565. The van der Waals surface area contributed by atoms with Crippen molar-refractivity contribution in [2.24, 2.45) is 0 Å². The number of nitrogens with zero attached hydrogens (tertiary/aromatic N) is 2. The van der Waals surface area contributed by atoms with Crippen LogP contribution < -0.4 is 10.2 Å². The highest BCUT2D eigenvalue weighted by atomic mass is 16.5. The number of rotatable bonds is 8. The molecule has 4 atom stereocenters. The van der Waals surface area contributed by atoms with Gasteiger partial charge in [0.1, 0.15) is 18.3 Å². The van der Waals surface area contributed by atoms with Gasteiger partial charge in [0, 0.05) is 45.5 Å². The molecule has 1 saturated heterocycles. The lowest BCUT2D eigenvalue weighted by Gasteiger charge is -2.21. The third-order valence-electron chi connectivity index (χ3n) is 5.64. The van der Waals surface area contributed by atoms with Crippen molar-refractivity contribution in [2.75, 3.05) is 32.6 Å². The first-order valence-electron chi connectivity index (χ1n) is 10.6. The van der Waals surface area contributed by atoms with Crippen LogP contribution in [0.2, 0.25) is 0 Å². The van der Waals surface area contributed by atoms with Gasteiger partial charge in [0.05, 0.1) is 12.5 Å². The molecule has 0 saturated carbocycles. The van der Waals surface area contributed by atoms with E-state index in [0.717, 1.165) is 11.3 Å². The summed E-state index contributed by atoms with van der Waals surface area (Å²) in [7, 11) is 5.52. The predicted octanol–water partition coefficient (Wildman–Crippen LogP) is 1.02. The molecule has 2 aromatic rings. The van der Waals surface area contributed by atoms with Gasteiger partial charge < -0.3 is 30.1 Å². The molecule has 1 fully saturated rings. The minimum Gasteiger partial charge on any atom is -0.388 e. The molecule has 8 nitrogen and oxygen atoms in total. The Morgan fingerprint density at radius 3 is 2.19 bits per heavy atom. The van der Waals surface area contributed by atoms with E-state index in [1.165, 1.54) is 0 Å². The molecule has 172 valence electrons. The van der Waals surface area contributed by atoms with Gasteiger partial charge in [-0.15, -0.1) is 0 Å². The van der Waals surface area contributed by atoms with Crippen LogP contribution in [0.1, 0.15) is 22.3 Å². The number of hydrogen-bond donors (Lipinski definition) is 3. The van der Waals surface area contributed by atoms with E-state index in [1.807, 2.05) is 61.5 Å². The number of carbonyl (C=O) groups excluding carboxylic acids is 2. The molecular formula is C24H31N3O5. The summed E-state index contributed by atoms with van der Waals surface area (Å²) < 4.78 is 5.72. The zero-order valence-electron chi connectivity index (χ0n) is 18.6. The van der Waals surface area contributed by atoms with Crippen molar-refractivity contribution < 1.29 is 24.5 Å². The molecule has 1 aliphatic rings. The first-order valence-corrected chi connectivity index (χ1v) is 10.6. The second kappa shape index (κ2) is 10.6. The first-order chi connectivity index (χ1) is 15.3. The molecule has 3 rings (SSSR count). The Morgan fingerprint density at radius 1 is 0.938 bits per heavy atom. The highest BCUT2D eigenvalue weighted by molar-refractivity contribution is 5.94. The lowest BCUT2D eigenvalue weighted by atomic mass is 10.0. The number of amides is 2. The number of benzene rings is 2. The number of ether oxygens (including phenoxy) is 1. The number of hydrogen-bond acceptors (Lipinski definition) is 6. The van der Waals surface area contributed by atoms with Crippen LogP contribution in [-0.2, 0) is 16.1 Å². The monoisotopic (exact) mass is 441 g/mol. The molecule has 1 heterocycles. The molecule has 0 aromatic heterocycles. The lowest BCUT2D eigenvalue weighted by Crippen LogP contribution is -2.40. The molecule has 0 unspecified atom stereocenters. The molecule has 0 aliphatic carbocycles. The Balaban J connectivity index is 1.50. The summed E-state index contributed by atoms with van der Waals surface area (Å²) >= 11 is 0. The average Bonchev–Trinajstić information content (AvgIpc) is 3.05. The molecule has 2 amide bonds. The van der Waals surface area contributed by atoms with Gasteiger partial charge in [-0.3, -0.25) is 9.59 Å². The van der Waals surface area contributed by atoms with E-state index >= 15 is 0 Å². The largest absolute Gasteiger partial charge is 0.388 e. The minimum absolute atomic E-state index is 0.0248. The molecule has 0 bridgehead atoms. The van der Waals surface area contributed by atoms with Crippen molar-refractivity contribution in [3.8, 4) is 0 Å². The van der Waals surface area contributed by atoms with E-state index in [-0.39, 0.29) is 24.8 Å². The fourth-order valence-corrected chi connectivity index (χ4v) is 3.64. The smallest absolute Gasteiger partial charge is 0.251 e. The van der Waals surface area contributed by atoms with Crippen molar-refractivity contribution in [3.63, 3.8) is 0 Å². The van der Waals surface area contributed by atoms with Crippen LogP contribution in [0, 0.1) is 0 Å².